The van der Waals surface area contributed by atoms with Crippen molar-refractivity contribution in [1.29, 1.82) is 0 Å². The van der Waals surface area contributed by atoms with Gasteiger partial charge in [-0.15, -0.1) is 0 Å². The summed E-state index contributed by atoms with van der Waals surface area (Å²) in [5, 5.41) is 9.12. The smallest absolute Gasteiger partial charge is 0.339 e. The van der Waals surface area contributed by atoms with Gasteiger partial charge >= 0.3 is 11.9 Å². The second-order valence-electron chi connectivity index (χ2n) is 4.80. The number of rotatable bonds is 7. The van der Waals surface area contributed by atoms with E-state index in [1.807, 2.05) is 37.3 Å². The Morgan fingerprint density at radius 2 is 1.61 bits per heavy atom. The summed E-state index contributed by atoms with van der Waals surface area (Å²) in [5.74, 6) is -1.84. The molecule has 5 heteroatoms. The van der Waals surface area contributed by atoms with E-state index in [-0.39, 0.29) is 23.8 Å². The maximum atomic E-state index is 12.2. The molecule has 1 N–H and O–H groups in total. The molecule has 0 heterocycles. The van der Waals surface area contributed by atoms with Gasteiger partial charge in [0, 0.05) is 6.61 Å². The molecule has 2 aromatic carbocycles. The van der Waals surface area contributed by atoms with E-state index in [2.05, 4.69) is 0 Å². The normalized spacial score (nSPS) is 11.7. The zero-order chi connectivity index (χ0) is 16.7. The van der Waals surface area contributed by atoms with Crippen LogP contribution in [0.5, 0.6) is 0 Å². The first-order chi connectivity index (χ1) is 11.1. The van der Waals surface area contributed by atoms with Crippen molar-refractivity contribution >= 4 is 11.9 Å². The van der Waals surface area contributed by atoms with Crippen LogP contribution in [-0.4, -0.2) is 30.3 Å². The van der Waals surface area contributed by atoms with Gasteiger partial charge in [-0.1, -0.05) is 42.5 Å². The minimum Gasteiger partial charge on any atom is -0.478 e. The summed E-state index contributed by atoms with van der Waals surface area (Å²) >= 11 is 0. The Kier molecular flexibility index (Phi) is 5.88. The van der Waals surface area contributed by atoms with Gasteiger partial charge in [-0.3, -0.25) is 0 Å². The van der Waals surface area contributed by atoms with E-state index < -0.39 is 11.9 Å². The minimum absolute atomic E-state index is 0.0185. The van der Waals surface area contributed by atoms with Crippen LogP contribution in [0, 0.1) is 0 Å². The molecule has 0 radical (unpaired) electrons. The van der Waals surface area contributed by atoms with Crippen LogP contribution in [0.15, 0.2) is 54.6 Å². The van der Waals surface area contributed by atoms with Crippen LogP contribution in [0.25, 0.3) is 0 Å². The summed E-state index contributed by atoms with van der Waals surface area (Å²) in [4.78, 5) is 23.3. The molecular weight excluding hydrogens is 296 g/mol. The molecule has 1 atom stereocenters. The van der Waals surface area contributed by atoms with Crippen LogP contribution in [0.4, 0.5) is 0 Å². The van der Waals surface area contributed by atoms with Gasteiger partial charge in [0.2, 0.25) is 0 Å². The van der Waals surface area contributed by atoms with Crippen molar-refractivity contribution in [3.8, 4) is 0 Å². The standard InChI is InChI=1S/C18H18O5/c1-2-22-16(13-8-4-3-5-9-13)12-23-18(21)15-11-7-6-10-14(15)17(19)20/h3-11,16H,2,12H2,1H3,(H,19,20)/t16-/m0/s1. The van der Waals surface area contributed by atoms with Crippen LogP contribution in [0.3, 0.4) is 0 Å². The maximum absolute atomic E-state index is 12.2. The van der Waals surface area contributed by atoms with Crippen molar-refractivity contribution in [2.75, 3.05) is 13.2 Å². The average molecular weight is 314 g/mol. The fourth-order valence-corrected chi connectivity index (χ4v) is 2.19. The van der Waals surface area contributed by atoms with Crippen molar-refractivity contribution in [2.24, 2.45) is 0 Å². The molecule has 0 aliphatic rings. The number of carbonyl (C=O) groups excluding carboxylic acids is 1. The van der Waals surface area contributed by atoms with E-state index in [9.17, 15) is 9.59 Å². The lowest BCUT2D eigenvalue weighted by Gasteiger charge is -2.17. The summed E-state index contributed by atoms with van der Waals surface area (Å²) in [6.07, 6.45) is -0.387. The summed E-state index contributed by atoms with van der Waals surface area (Å²) in [5.41, 5.74) is 0.849. The lowest BCUT2D eigenvalue weighted by Crippen LogP contribution is -2.17. The predicted octanol–water partition coefficient (Wildman–Crippen LogP) is 3.32. The van der Waals surface area contributed by atoms with Gasteiger partial charge in [-0.2, -0.15) is 0 Å². The number of hydrogen-bond donors (Lipinski definition) is 1. The molecular formula is C18H18O5. The van der Waals surface area contributed by atoms with Crippen molar-refractivity contribution < 1.29 is 24.2 Å². The second-order valence-corrected chi connectivity index (χ2v) is 4.80. The lowest BCUT2D eigenvalue weighted by molar-refractivity contribution is -0.00526. The highest BCUT2D eigenvalue weighted by Gasteiger charge is 2.19. The molecule has 0 bridgehead atoms. The first kappa shape index (κ1) is 16.7. The highest BCUT2D eigenvalue weighted by molar-refractivity contribution is 6.02. The van der Waals surface area contributed by atoms with Crippen LogP contribution in [0.1, 0.15) is 39.3 Å². The highest BCUT2D eigenvalue weighted by Crippen LogP contribution is 2.19. The molecule has 0 unspecified atom stereocenters. The summed E-state index contributed by atoms with van der Waals surface area (Å²) in [6.45, 7) is 2.35. The highest BCUT2D eigenvalue weighted by atomic mass is 16.6. The molecule has 2 rings (SSSR count). The Hall–Kier alpha value is -2.66. The molecule has 0 saturated carbocycles. The summed E-state index contributed by atoms with van der Waals surface area (Å²) in [7, 11) is 0. The Balaban J connectivity index is 2.09. The summed E-state index contributed by atoms with van der Waals surface area (Å²) in [6, 6.07) is 15.4. The molecule has 0 aliphatic heterocycles. The Bertz CT molecular complexity index is 666. The largest absolute Gasteiger partial charge is 0.478 e. The van der Waals surface area contributed by atoms with E-state index in [0.717, 1.165) is 5.56 Å². The number of carbonyl (C=O) groups is 2. The third-order valence-corrected chi connectivity index (χ3v) is 3.28. The Labute approximate surface area is 134 Å². The molecule has 0 spiro atoms. The Morgan fingerprint density at radius 3 is 2.22 bits per heavy atom. The van der Waals surface area contributed by atoms with Crippen LogP contribution >= 0.6 is 0 Å². The van der Waals surface area contributed by atoms with Crippen molar-refractivity contribution in [3.05, 3.63) is 71.3 Å². The molecule has 23 heavy (non-hydrogen) atoms. The fraction of sp³-hybridized carbons (Fsp3) is 0.222. The number of ether oxygens (including phenoxy) is 2. The third-order valence-electron chi connectivity index (χ3n) is 3.28. The zero-order valence-electron chi connectivity index (χ0n) is 12.8. The average Bonchev–Trinajstić information content (AvgIpc) is 2.59. The number of carboxylic acids is 1. The molecule has 120 valence electrons. The first-order valence-electron chi connectivity index (χ1n) is 7.29. The molecule has 0 saturated heterocycles. The van der Waals surface area contributed by atoms with Crippen LogP contribution < -0.4 is 0 Å². The first-order valence-corrected chi connectivity index (χ1v) is 7.29. The van der Waals surface area contributed by atoms with E-state index in [1.165, 1.54) is 12.1 Å². The zero-order valence-corrected chi connectivity index (χ0v) is 12.8. The predicted molar refractivity (Wildman–Crippen MR) is 84.5 cm³/mol. The topological polar surface area (TPSA) is 72.8 Å². The molecule has 0 aliphatic carbocycles. The molecule has 2 aromatic rings. The van der Waals surface area contributed by atoms with Crippen molar-refractivity contribution in [1.82, 2.24) is 0 Å². The van der Waals surface area contributed by atoms with E-state index in [0.29, 0.717) is 6.61 Å². The number of esters is 1. The minimum atomic E-state index is -1.16. The van der Waals surface area contributed by atoms with Crippen LogP contribution in [-0.2, 0) is 9.47 Å². The number of carboxylic acid groups (broad SMARTS) is 1. The Morgan fingerprint density at radius 1 is 1.00 bits per heavy atom. The summed E-state index contributed by atoms with van der Waals surface area (Å²) < 4.78 is 10.9. The molecule has 0 amide bonds. The lowest BCUT2D eigenvalue weighted by atomic mass is 10.1. The third kappa shape index (κ3) is 4.40. The van der Waals surface area contributed by atoms with Crippen LogP contribution in [0.2, 0.25) is 0 Å². The number of hydrogen-bond acceptors (Lipinski definition) is 4. The van der Waals surface area contributed by atoms with Crippen molar-refractivity contribution in [3.63, 3.8) is 0 Å². The fourth-order valence-electron chi connectivity index (χ4n) is 2.19. The molecule has 5 nitrogen and oxygen atoms in total. The monoisotopic (exact) mass is 314 g/mol. The second kappa shape index (κ2) is 8.10. The van der Waals surface area contributed by atoms with E-state index >= 15 is 0 Å². The van der Waals surface area contributed by atoms with Gasteiger partial charge in [-0.25, -0.2) is 9.59 Å². The quantitative estimate of drug-likeness (QED) is 0.794. The number of aromatic carboxylic acids is 1. The van der Waals surface area contributed by atoms with Gasteiger partial charge in [0.05, 0.1) is 11.1 Å². The van der Waals surface area contributed by atoms with Gasteiger partial charge in [0.1, 0.15) is 12.7 Å². The van der Waals surface area contributed by atoms with E-state index in [1.54, 1.807) is 12.1 Å². The number of benzene rings is 2. The SMILES string of the molecule is CCO[C@@H](COC(=O)c1ccccc1C(=O)O)c1ccccc1. The molecule has 0 aromatic heterocycles. The van der Waals surface area contributed by atoms with Gasteiger partial charge in [0.15, 0.2) is 0 Å². The van der Waals surface area contributed by atoms with Gasteiger partial charge < -0.3 is 14.6 Å². The van der Waals surface area contributed by atoms with Gasteiger partial charge in [0.25, 0.3) is 0 Å². The maximum Gasteiger partial charge on any atom is 0.339 e. The van der Waals surface area contributed by atoms with E-state index in [4.69, 9.17) is 14.6 Å². The molecule has 0 fully saturated rings. The van der Waals surface area contributed by atoms with Gasteiger partial charge in [-0.05, 0) is 24.6 Å². The van der Waals surface area contributed by atoms with Crippen molar-refractivity contribution in [2.45, 2.75) is 13.0 Å².